The van der Waals surface area contributed by atoms with Crippen LogP contribution in [0.15, 0.2) is 16.5 Å². The first-order valence-corrected chi connectivity index (χ1v) is 6.59. The van der Waals surface area contributed by atoms with Crippen LogP contribution in [-0.2, 0) is 4.74 Å². The summed E-state index contributed by atoms with van der Waals surface area (Å²) < 4.78 is 11.4. The molecule has 1 heterocycles. The Kier molecular flexibility index (Phi) is 4.96. The predicted molar refractivity (Wildman–Crippen MR) is 70.3 cm³/mol. The Morgan fingerprint density at radius 3 is 2.44 bits per heavy atom. The topological polar surface area (TPSA) is 39.4 Å². The average Bonchev–Trinajstić information content (AvgIpc) is 2.86. The maximum Gasteiger partial charge on any atom is 0.374 e. The van der Waals surface area contributed by atoms with Crippen LogP contribution >= 0.6 is 0 Å². The van der Waals surface area contributed by atoms with Gasteiger partial charge in [0.2, 0.25) is 5.76 Å². The fourth-order valence-corrected chi connectivity index (χ4v) is 1.97. The molecule has 0 saturated heterocycles. The van der Waals surface area contributed by atoms with Gasteiger partial charge in [-0.05, 0) is 39.8 Å². The predicted octanol–water partition coefficient (Wildman–Crippen LogP) is 3.00. The van der Waals surface area contributed by atoms with Gasteiger partial charge < -0.3 is 13.6 Å². The molecule has 0 N–H and O–H groups in total. The van der Waals surface area contributed by atoms with E-state index in [0.717, 1.165) is 23.3 Å². The number of rotatable bonds is 6. The van der Waals surface area contributed by atoms with Crippen LogP contribution in [0.2, 0.25) is 0 Å². The average molecular weight is 254 g/mol. The summed E-state index contributed by atoms with van der Waals surface area (Å²) in [5.41, 5.74) is 0. The van der Waals surface area contributed by atoms with E-state index in [1.54, 1.807) is 13.0 Å². The molecule has 0 unspecified atom stereocenters. The third kappa shape index (κ3) is 2.93. The van der Waals surface area contributed by atoms with E-state index in [-0.39, 0.29) is 11.8 Å². The lowest BCUT2D eigenvalue weighted by Gasteiger charge is -2.37. The Morgan fingerprint density at radius 2 is 1.94 bits per heavy atom. The van der Waals surface area contributed by atoms with Gasteiger partial charge in [-0.2, -0.15) is 0 Å². The van der Waals surface area contributed by atoms with Crippen LogP contribution < -0.4 is 0 Å². The van der Waals surface area contributed by atoms with Crippen molar-refractivity contribution < 1.29 is 18.4 Å². The van der Waals surface area contributed by atoms with E-state index >= 15 is 0 Å². The minimum absolute atomic E-state index is 0.225. The SMILES string of the molecule is CCOC(=O)c1ccc([C@H](C)[N+](C)(CC)CC)o1. The van der Waals surface area contributed by atoms with Crippen LogP contribution in [0.4, 0.5) is 0 Å². The van der Waals surface area contributed by atoms with Crippen molar-refractivity contribution >= 4 is 5.97 Å². The molecule has 1 aromatic rings. The second kappa shape index (κ2) is 6.05. The van der Waals surface area contributed by atoms with Crippen LogP contribution in [0.25, 0.3) is 0 Å². The van der Waals surface area contributed by atoms with Gasteiger partial charge >= 0.3 is 5.97 Å². The zero-order valence-electron chi connectivity index (χ0n) is 12.0. The maximum atomic E-state index is 11.5. The zero-order valence-corrected chi connectivity index (χ0v) is 12.0. The molecule has 0 aromatic carbocycles. The van der Waals surface area contributed by atoms with Crippen molar-refractivity contribution in [2.24, 2.45) is 0 Å². The molecule has 1 atom stereocenters. The van der Waals surface area contributed by atoms with Crippen LogP contribution in [-0.4, -0.2) is 37.2 Å². The maximum absolute atomic E-state index is 11.5. The van der Waals surface area contributed by atoms with Crippen LogP contribution in [0.1, 0.15) is 50.1 Å². The molecule has 1 rings (SSSR count). The Hall–Kier alpha value is -1.29. The molecule has 0 spiro atoms. The van der Waals surface area contributed by atoms with E-state index in [0.29, 0.717) is 6.61 Å². The highest BCUT2D eigenvalue weighted by molar-refractivity contribution is 5.86. The minimum atomic E-state index is -0.391. The van der Waals surface area contributed by atoms with Crippen molar-refractivity contribution in [1.29, 1.82) is 0 Å². The molecule has 4 heteroatoms. The first-order chi connectivity index (χ1) is 8.48. The number of carbonyl (C=O) groups excluding carboxylic acids is 1. The van der Waals surface area contributed by atoms with Gasteiger partial charge in [-0.15, -0.1) is 0 Å². The Bertz CT molecular complexity index is 393. The highest BCUT2D eigenvalue weighted by Crippen LogP contribution is 2.27. The molecule has 0 aliphatic rings. The lowest BCUT2D eigenvalue weighted by atomic mass is 10.2. The monoisotopic (exact) mass is 254 g/mol. The molecule has 0 saturated carbocycles. The first kappa shape index (κ1) is 14.8. The van der Waals surface area contributed by atoms with E-state index in [2.05, 4.69) is 27.8 Å². The number of esters is 1. The zero-order chi connectivity index (χ0) is 13.8. The normalized spacial score (nSPS) is 13.4. The number of hydrogen-bond acceptors (Lipinski definition) is 3. The summed E-state index contributed by atoms with van der Waals surface area (Å²) in [5.74, 6) is 0.736. The molecule has 4 nitrogen and oxygen atoms in total. The van der Waals surface area contributed by atoms with Gasteiger partial charge in [-0.3, -0.25) is 0 Å². The molecule has 0 aliphatic carbocycles. The van der Waals surface area contributed by atoms with Crippen molar-refractivity contribution in [2.75, 3.05) is 26.7 Å². The van der Waals surface area contributed by atoms with E-state index < -0.39 is 5.97 Å². The van der Waals surface area contributed by atoms with Crippen LogP contribution in [0.3, 0.4) is 0 Å². The molecule has 0 radical (unpaired) electrons. The molecule has 1 aromatic heterocycles. The van der Waals surface area contributed by atoms with Crippen LogP contribution in [0, 0.1) is 0 Å². The van der Waals surface area contributed by atoms with Crippen molar-refractivity contribution in [3.63, 3.8) is 0 Å². The first-order valence-electron chi connectivity index (χ1n) is 6.59. The molecular weight excluding hydrogens is 230 g/mol. The molecule has 18 heavy (non-hydrogen) atoms. The van der Waals surface area contributed by atoms with E-state index in [9.17, 15) is 4.79 Å². The molecule has 0 aliphatic heterocycles. The molecular formula is C14H24NO3+. The van der Waals surface area contributed by atoms with Crippen molar-refractivity contribution in [2.45, 2.75) is 33.7 Å². The van der Waals surface area contributed by atoms with Crippen molar-refractivity contribution in [1.82, 2.24) is 0 Å². The molecule has 0 amide bonds. The van der Waals surface area contributed by atoms with Gasteiger partial charge in [-0.1, -0.05) is 0 Å². The van der Waals surface area contributed by atoms with E-state index in [1.165, 1.54) is 0 Å². The number of furan rings is 1. The third-order valence-electron chi connectivity index (χ3n) is 3.89. The lowest BCUT2D eigenvalue weighted by Crippen LogP contribution is -2.45. The molecule has 0 fully saturated rings. The van der Waals surface area contributed by atoms with Gasteiger partial charge in [0.25, 0.3) is 0 Å². The van der Waals surface area contributed by atoms with Gasteiger partial charge in [-0.25, -0.2) is 4.79 Å². The summed E-state index contributed by atoms with van der Waals surface area (Å²) in [6.07, 6.45) is 0. The Morgan fingerprint density at radius 1 is 1.33 bits per heavy atom. The minimum Gasteiger partial charge on any atom is -0.460 e. The van der Waals surface area contributed by atoms with Gasteiger partial charge in [0.15, 0.2) is 5.76 Å². The van der Waals surface area contributed by atoms with Gasteiger partial charge in [0.1, 0.15) is 6.04 Å². The highest BCUT2D eigenvalue weighted by atomic mass is 16.5. The lowest BCUT2D eigenvalue weighted by molar-refractivity contribution is -0.935. The van der Waals surface area contributed by atoms with Crippen LogP contribution in [0.5, 0.6) is 0 Å². The number of carbonyl (C=O) groups is 1. The second-order valence-electron chi connectivity index (χ2n) is 4.71. The summed E-state index contributed by atoms with van der Waals surface area (Å²) in [6, 6.07) is 3.79. The summed E-state index contributed by atoms with van der Waals surface area (Å²) >= 11 is 0. The number of ether oxygens (including phenoxy) is 1. The quantitative estimate of drug-likeness (QED) is 0.578. The van der Waals surface area contributed by atoms with Crippen molar-refractivity contribution in [3.8, 4) is 0 Å². The third-order valence-corrected chi connectivity index (χ3v) is 3.89. The Labute approximate surface area is 109 Å². The largest absolute Gasteiger partial charge is 0.460 e. The standard InChI is InChI=1S/C14H24NO3/c1-6-15(5,7-2)11(4)12-9-10-13(18-12)14(16)17-8-3/h9-11H,6-8H2,1-5H3/q+1/t11-/m0/s1. The van der Waals surface area contributed by atoms with Crippen molar-refractivity contribution in [3.05, 3.63) is 23.7 Å². The highest BCUT2D eigenvalue weighted by Gasteiger charge is 2.30. The van der Waals surface area contributed by atoms with E-state index in [1.807, 2.05) is 6.07 Å². The summed E-state index contributed by atoms with van der Waals surface area (Å²) in [7, 11) is 2.19. The van der Waals surface area contributed by atoms with E-state index in [4.69, 9.17) is 9.15 Å². The van der Waals surface area contributed by atoms with Gasteiger partial charge in [0, 0.05) is 0 Å². The summed E-state index contributed by atoms with van der Waals surface area (Å²) in [5, 5.41) is 0. The van der Waals surface area contributed by atoms with Gasteiger partial charge in [0.05, 0.1) is 26.7 Å². The smallest absolute Gasteiger partial charge is 0.374 e. The number of nitrogens with zero attached hydrogens (tertiary/aromatic N) is 1. The molecule has 0 bridgehead atoms. The number of quaternary nitrogens is 1. The number of hydrogen-bond donors (Lipinski definition) is 0. The second-order valence-corrected chi connectivity index (χ2v) is 4.71. The fraction of sp³-hybridized carbons (Fsp3) is 0.643. The Balaban J connectivity index is 2.88. The summed E-state index contributed by atoms with van der Waals surface area (Å²) in [6.45, 7) is 10.6. The molecule has 102 valence electrons. The summed E-state index contributed by atoms with van der Waals surface area (Å²) in [4.78, 5) is 11.5. The fourth-order valence-electron chi connectivity index (χ4n) is 1.97.